The van der Waals surface area contributed by atoms with Gasteiger partial charge in [-0.15, -0.1) is 0 Å². The number of nitrogens with zero attached hydrogens (tertiary/aromatic N) is 3. The lowest BCUT2D eigenvalue weighted by Crippen LogP contribution is -2.44. The van der Waals surface area contributed by atoms with Crippen molar-refractivity contribution < 1.29 is 9.53 Å². The average Bonchev–Trinajstić information content (AvgIpc) is 3.17. The lowest BCUT2D eigenvalue weighted by Gasteiger charge is -2.30. The first-order valence-corrected chi connectivity index (χ1v) is 12.2. The predicted molar refractivity (Wildman–Crippen MR) is 139 cm³/mol. The van der Waals surface area contributed by atoms with Gasteiger partial charge in [0.2, 0.25) is 0 Å². The van der Waals surface area contributed by atoms with E-state index in [-0.39, 0.29) is 5.91 Å². The van der Waals surface area contributed by atoms with Crippen LogP contribution in [0.1, 0.15) is 32.6 Å². The van der Waals surface area contributed by atoms with E-state index in [4.69, 9.17) is 4.74 Å². The van der Waals surface area contributed by atoms with Crippen LogP contribution in [0.15, 0.2) is 66.7 Å². The van der Waals surface area contributed by atoms with E-state index in [0.717, 1.165) is 72.0 Å². The molecule has 1 amide bonds. The minimum atomic E-state index is 0.0963. The third kappa shape index (κ3) is 5.57. The van der Waals surface area contributed by atoms with Gasteiger partial charge >= 0.3 is 0 Å². The molecule has 0 aliphatic carbocycles. The third-order valence-electron chi connectivity index (χ3n) is 6.69. The highest BCUT2D eigenvalue weighted by Crippen LogP contribution is 2.29. The summed E-state index contributed by atoms with van der Waals surface area (Å²) in [5.74, 6) is 8.36. The number of piperazine rings is 1. The number of para-hydroxylation sites is 1. The normalized spacial score (nSPS) is 16.1. The molecule has 3 aromatic carbocycles. The molecule has 35 heavy (non-hydrogen) atoms. The van der Waals surface area contributed by atoms with Gasteiger partial charge in [-0.05, 0) is 67.1 Å². The largest absolute Gasteiger partial charge is 0.457 e. The molecule has 5 rings (SSSR count). The fourth-order valence-corrected chi connectivity index (χ4v) is 4.69. The van der Waals surface area contributed by atoms with Crippen molar-refractivity contribution in [1.82, 2.24) is 14.7 Å². The zero-order valence-electron chi connectivity index (χ0n) is 20.5. The summed E-state index contributed by atoms with van der Waals surface area (Å²) < 4.78 is 5.88. The quantitative estimate of drug-likeness (QED) is 0.519. The molecule has 0 unspecified atom stereocenters. The van der Waals surface area contributed by atoms with Crippen LogP contribution in [0.2, 0.25) is 0 Å². The SMILES string of the molecule is Cc1cc(C#CCN2CCN(C)CC2)cc2c1C(=O)N(Cc1ccc(Oc3ccccc3)cc1)C2. The number of carbonyl (C=O) groups is 1. The van der Waals surface area contributed by atoms with E-state index < -0.39 is 0 Å². The molecular formula is C30H31N3O2. The predicted octanol–water partition coefficient (Wildman–Crippen LogP) is 4.54. The first-order chi connectivity index (χ1) is 17.0. The monoisotopic (exact) mass is 465 g/mol. The number of aryl methyl sites for hydroxylation is 1. The second-order valence-electron chi connectivity index (χ2n) is 9.43. The Kier molecular flexibility index (Phi) is 6.85. The van der Waals surface area contributed by atoms with E-state index in [1.165, 1.54) is 0 Å². The lowest BCUT2D eigenvalue weighted by molar-refractivity contribution is 0.0766. The zero-order valence-corrected chi connectivity index (χ0v) is 20.5. The van der Waals surface area contributed by atoms with Gasteiger partial charge in [-0.3, -0.25) is 9.69 Å². The second kappa shape index (κ2) is 10.4. The van der Waals surface area contributed by atoms with Crippen LogP contribution in [0, 0.1) is 18.8 Å². The number of ether oxygens (including phenoxy) is 1. The molecule has 0 N–H and O–H groups in total. The van der Waals surface area contributed by atoms with E-state index in [1.54, 1.807) is 0 Å². The molecule has 5 nitrogen and oxygen atoms in total. The van der Waals surface area contributed by atoms with E-state index >= 15 is 0 Å². The molecule has 2 aliphatic heterocycles. The minimum absolute atomic E-state index is 0.0963. The Hall–Kier alpha value is -3.59. The van der Waals surface area contributed by atoms with Crippen LogP contribution in [0.4, 0.5) is 0 Å². The molecule has 2 aliphatic rings. The van der Waals surface area contributed by atoms with Gasteiger partial charge in [0.1, 0.15) is 11.5 Å². The van der Waals surface area contributed by atoms with Crippen LogP contribution in [0.5, 0.6) is 11.5 Å². The van der Waals surface area contributed by atoms with Crippen molar-refractivity contribution in [2.75, 3.05) is 39.8 Å². The maximum atomic E-state index is 13.1. The van der Waals surface area contributed by atoms with Crippen molar-refractivity contribution >= 4 is 5.91 Å². The summed E-state index contributed by atoms with van der Waals surface area (Å²) in [5, 5.41) is 0. The van der Waals surface area contributed by atoms with Crippen LogP contribution in [-0.2, 0) is 13.1 Å². The minimum Gasteiger partial charge on any atom is -0.457 e. The average molecular weight is 466 g/mol. The summed E-state index contributed by atoms with van der Waals surface area (Å²) in [6.45, 7) is 8.32. The fourth-order valence-electron chi connectivity index (χ4n) is 4.69. The van der Waals surface area contributed by atoms with Gasteiger partial charge in [-0.25, -0.2) is 0 Å². The van der Waals surface area contributed by atoms with Crippen molar-refractivity contribution in [2.24, 2.45) is 0 Å². The van der Waals surface area contributed by atoms with Crippen molar-refractivity contribution in [3.05, 3.63) is 94.5 Å². The Morgan fingerprint density at radius 3 is 2.37 bits per heavy atom. The smallest absolute Gasteiger partial charge is 0.255 e. The first kappa shape index (κ1) is 23.2. The number of rotatable bonds is 5. The molecule has 1 saturated heterocycles. The standard InChI is InChI=1S/C30H31N3O2/c1-23-19-25(7-6-14-32-17-15-31(2)16-18-32)20-26-22-33(30(34)29(23)26)21-24-10-12-28(13-11-24)35-27-8-4-3-5-9-27/h3-5,8-13,19-20H,14-18,21-22H2,1-2H3. The molecule has 5 heteroatoms. The number of hydrogen-bond acceptors (Lipinski definition) is 4. The highest BCUT2D eigenvalue weighted by Gasteiger charge is 2.29. The molecule has 2 heterocycles. The number of carbonyl (C=O) groups excluding carboxylic acids is 1. The van der Waals surface area contributed by atoms with Crippen molar-refractivity contribution in [3.63, 3.8) is 0 Å². The van der Waals surface area contributed by atoms with Gasteiger partial charge in [0, 0.05) is 50.4 Å². The number of likely N-dealkylation sites (N-methyl/N-ethyl adjacent to an activating group) is 1. The van der Waals surface area contributed by atoms with Gasteiger partial charge in [-0.1, -0.05) is 42.2 Å². The highest BCUT2D eigenvalue weighted by atomic mass is 16.5. The molecule has 0 saturated carbocycles. The Morgan fingerprint density at radius 1 is 0.914 bits per heavy atom. The number of fused-ring (bicyclic) bond motifs is 1. The second-order valence-corrected chi connectivity index (χ2v) is 9.43. The number of amides is 1. The highest BCUT2D eigenvalue weighted by molar-refractivity contribution is 5.99. The molecule has 1 fully saturated rings. The van der Waals surface area contributed by atoms with Gasteiger partial charge in [0.05, 0.1) is 6.54 Å². The van der Waals surface area contributed by atoms with Gasteiger partial charge in [0.15, 0.2) is 0 Å². The van der Waals surface area contributed by atoms with Crippen LogP contribution in [-0.4, -0.2) is 60.4 Å². The van der Waals surface area contributed by atoms with Gasteiger partial charge in [0.25, 0.3) is 5.91 Å². The van der Waals surface area contributed by atoms with Crippen molar-refractivity contribution in [2.45, 2.75) is 20.0 Å². The summed E-state index contributed by atoms with van der Waals surface area (Å²) in [7, 11) is 2.16. The van der Waals surface area contributed by atoms with Crippen LogP contribution < -0.4 is 4.74 Å². The number of hydrogen-bond donors (Lipinski definition) is 0. The molecule has 0 aromatic heterocycles. The van der Waals surface area contributed by atoms with Crippen LogP contribution >= 0.6 is 0 Å². The summed E-state index contributed by atoms with van der Waals surface area (Å²) in [6.07, 6.45) is 0. The Labute approximate surface area is 207 Å². The van der Waals surface area contributed by atoms with Crippen LogP contribution in [0.25, 0.3) is 0 Å². The third-order valence-corrected chi connectivity index (χ3v) is 6.69. The van der Waals surface area contributed by atoms with E-state index in [1.807, 2.05) is 72.5 Å². The molecule has 0 bridgehead atoms. The summed E-state index contributed by atoms with van der Waals surface area (Å²) in [5.41, 5.74) is 4.98. The first-order valence-electron chi connectivity index (χ1n) is 12.2. The molecule has 178 valence electrons. The Morgan fingerprint density at radius 2 is 1.63 bits per heavy atom. The summed E-state index contributed by atoms with van der Waals surface area (Å²) in [4.78, 5) is 19.8. The maximum absolute atomic E-state index is 13.1. The summed E-state index contributed by atoms with van der Waals surface area (Å²) >= 11 is 0. The van der Waals surface area contributed by atoms with Crippen molar-refractivity contribution in [3.8, 4) is 23.3 Å². The molecule has 0 spiro atoms. The maximum Gasteiger partial charge on any atom is 0.255 e. The number of benzene rings is 3. The fraction of sp³-hybridized carbons (Fsp3) is 0.300. The molecule has 0 radical (unpaired) electrons. The topological polar surface area (TPSA) is 36.0 Å². The molecule has 3 aromatic rings. The lowest BCUT2D eigenvalue weighted by atomic mass is 10.0. The molecule has 0 atom stereocenters. The molecular weight excluding hydrogens is 434 g/mol. The van der Waals surface area contributed by atoms with Gasteiger partial charge < -0.3 is 14.5 Å². The van der Waals surface area contributed by atoms with E-state index in [0.29, 0.717) is 13.1 Å². The van der Waals surface area contributed by atoms with E-state index in [2.05, 4.69) is 34.8 Å². The van der Waals surface area contributed by atoms with Gasteiger partial charge in [-0.2, -0.15) is 0 Å². The zero-order chi connectivity index (χ0) is 24.2. The van der Waals surface area contributed by atoms with Crippen LogP contribution in [0.3, 0.4) is 0 Å². The summed E-state index contributed by atoms with van der Waals surface area (Å²) in [6, 6.07) is 21.8. The van der Waals surface area contributed by atoms with E-state index in [9.17, 15) is 4.79 Å². The van der Waals surface area contributed by atoms with Crippen molar-refractivity contribution in [1.29, 1.82) is 0 Å². The Balaban J connectivity index is 1.22. The Bertz CT molecular complexity index is 1250.